The Morgan fingerprint density at radius 1 is 1.16 bits per heavy atom. The molecule has 0 N–H and O–H groups in total. The summed E-state index contributed by atoms with van der Waals surface area (Å²) in [5.74, 6) is 0.449. The zero-order valence-corrected chi connectivity index (χ0v) is 14.9. The molecule has 0 atom stereocenters. The van der Waals surface area contributed by atoms with Crippen molar-refractivity contribution in [3.05, 3.63) is 64.4 Å². The third-order valence-corrected chi connectivity index (χ3v) is 4.71. The van der Waals surface area contributed by atoms with Crippen molar-refractivity contribution in [1.29, 1.82) is 0 Å². The summed E-state index contributed by atoms with van der Waals surface area (Å²) in [5, 5.41) is 0.598. The Morgan fingerprint density at radius 2 is 1.88 bits per heavy atom. The van der Waals surface area contributed by atoms with Gasteiger partial charge in [-0.15, -0.1) is 0 Å². The van der Waals surface area contributed by atoms with E-state index in [4.69, 9.17) is 16.3 Å². The van der Waals surface area contributed by atoms with Gasteiger partial charge in [-0.05, 0) is 66.9 Å². The molecule has 0 spiro atoms. The van der Waals surface area contributed by atoms with Crippen molar-refractivity contribution >= 4 is 28.8 Å². The van der Waals surface area contributed by atoms with Crippen LogP contribution in [0.1, 0.15) is 30.9 Å². The van der Waals surface area contributed by atoms with Crippen molar-refractivity contribution in [2.75, 3.05) is 13.7 Å². The van der Waals surface area contributed by atoms with Crippen LogP contribution in [0.2, 0.25) is 5.02 Å². The number of amides is 1. The van der Waals surface area contributed by atoms with Crippen molar-refractivity contribution in [3.8, 4) is 5.75 Å². The van der Waals surface area contributed by atoms with E-state index in [0.717, 1.165) is 22.4 Å². The molecular weight excluding hydrogens is 341 g/mol. The third kappa shape index (κ3) is 3.40. The first-order chi connectivity index (χ1) is 12.0. The van der Waals surface area contributed by atoms with Crippen LogP contribution >= 0.6 is 11.6 Å². The van der Waals surface area contributed by atoms with Gasteiger partial charge in [-0.3, -0.25) is 4.79 Å². The van der Waals surface area contributed by atoms with Gasteiger partial charge in [-0.1, -0.05) is 11.6 Å². The maximum atomic E-state index is 13.4. The SMILES string of the molecule is CCN1C(=O)CCC(c2cc(OC)ccc2Cl)=C1c1ccc(F)cc1. The minimum Gasteiger partial charge on any atom is -0.497 e. The van der Waals surface area contributed by atoms with Gasteiger partial charge in [-0.25, -0.2) is 4.39 Å². The zero-order valence-electron chi connectivity index (χ0n) is 14.2. The van der Waals surface area contributed by atoms with Crippen LogP contribution in [0.15, 0.2) is 42.5 Å². The molecule has 0 fully saturated rings. The molecule has 1 aliphatic rings. The second-order valence-corrected chi connectivity index (χ2v) is 6.23. The predicted octanol–water partition coefficient (Wildman–Crippen LogP) is 5.00. The summed E-state index contributed by atoms with van der Waals surface area (Å²) in [7, 11) is 1.60. The summed E-state index contributed by atoms with van der Waals surface area (Å²) in [6.07, 6.45) is 0.996. The summed E-state index contributed by atoms with van der Waals surface area (Å²) >= 11 is 6.44. The minimum atomic E-state index is -0.310. The molecule has 0 radical (unpaired) electrons. The quantitative estimate of drug-likeness (QED) is 0.769. The number of halogens is 2. The van der Waals surface area contributed by atoms with Crippen molar-refractivity contribution in [3.63, 3.8) is 0 Å². The topological polar surface area (TPSA) is 29.5 Å². The summed E-state index contributed by atoms with van der Waals surface area (Å²) < 4.78 is 18.7. The molecule has 1 amide bonds. The standard InChI is InChI=1S/C20H19ClFNO2/c1-3-23-19(24)11-9-16(17-12-15(25-2)8-10-18(17)21)20(23)13-4-6-14(22)7-5-13/h4-8,10,12H,3,9,11H2,1-2H3. The van der Waals surface area contributed by atoms with Crippen molar-refractivity contribution < 1.29 is 13.9 Å². The Morgan fingerprint density at radius 3 is 2.52 bits per heavy atom. The summed E-state index contributed by atoms with van der Waals surface area (Å²) in [5.41, 5.74) is 3.39. The van der Waals surface area contributed by atoms with E-state index in [1.54, 1.807) is 36.3 Å². The van der Waals surface area contributed by atoms with Crippen LogP contribution < -0.4 is 4.74 Å². The lowest BCUT2D eigenvalue weighted by Crippen LogP contribution is -2.33. The van der Waals surface area contributed by atoms with Gasteiger partial charge in [0.25, 0.3) is 0 Å². The minimum absolute atomic E-state index is 0.0598. The molecule has 1 aliphatic heterocycles. The number of methoxy groups -OCH3 is 1. The fourth-order valence-corrected chi connectivity index (χ4v) is 3.40. The van der Waals surface area contributed by atoms with Crippen LogP contribution in [-0.4, -0.2) is 24.5 Å². The average molecular weight is 360 g/mol. The largest absolute Gasteiger partial charge is 0.497 e. The summed E-state index contributed by atoms with van der Waals surface area (Å²) in [4.78, 5) is 14.2. The molecule has 5 heteroatoms. The molecule has 1 heterocycles. The Hall–Kier alpha value is -2.33. The lowest BCUT2D eigenvalue weighted by molar-refractivity contribution is -0.128. The molecule has 2 aromatic carbocycles. The predicted molar refractivity (Wildman–Crippen MR) is 97.8 cm³/mol. The monoisotopic (exact) mass is 359 g/mol. The number of ether oxygens (including phenoxy) is 1. The normalized spacial score (nSPS) is 14.9. The van der Waals surface area contributed by atoms with Gasteiger partial charge in [0.1, 0.15) is 11.6 Å². The lowest BCUT2D eigenvalue weighted by atomic mass is 9.91. The number of hydrogen-bond donors (Lipinski definition) is 0. The van der Waals surface area contributed by atoms with Gasteiger partial charge in [0, 0.05) is 23.6 Å². The highest BCUT2D eigenvalue weighted by Crippen LogP contribution is 2.40. The van der Waals surface area contributed by atoms with Crippen LogP contribution in [0, 0.1) is 5.82 Å². The molecule has 3 rings (SSSR count). The molecule has 0 saturated carbocycles. The van der Waals surface area contributed by atoms with Gasteiger partial charge in [-0.2, -0.15) is 0 Å². The summed E-state index contributed by atoms with van der Waals surface area (Å²) in [6.45, 7) is 2.47. The fraction of sp³-hybridized carbons (Fsp3) is 0.250. The number of hydrogen-bond acceptors (Lipinski definition) is 2. The highest BCUT2D eigenvalue weighted by Gasteiger charge is 2.28. The van der Waals surface area contributed by atoms with E-state index < -0.39 is 0 Å². The van der Waals surface area contributed by atoms with Crippen LogP contribution in [0.3, 0.4) is 0 Å². The number of benzene rings is 2. The molecule has 130 valence electrons. The van der Waals surface area contributed by atoms with Crippen LogP contribution in [0.5, 0.6) is 5.75 Å². The molecule has 3 nitrogen and oxygen atoms in total. The van der Waals surface area contributed by atoms with E-state index in [9.17, 15) is 9.18 Å². The van der Waals surface area contributed by atoms with Crippen molar-refractivity contribution in [1.82, 2.24) is 4.90 Å². The Labute approximate surface area is 151 Å². The number of carbonyl (C=O) groups is 1. The van der Waals surface area contributed by atoms with E-state index in [2.05, 4.69) is 0 Å². The number of carbonyl (C=O) groups excluding carboxylic acids is 1. The first kappa shape index (κ1) is 17.5. The van der Waals surface area contributed by atoms with Gasteiger partial charge in [0.05, 0.1) is 12.8 Å². The first-order valence-corrected chi connectivity index (χ1v) is 8.56. The molecule has 25 heavy (non-hydrogen) atoms. The third-order valence-electron chi connectivity index (χ3n) is 4.38. The van der Waals surface area contributed by atoms with E-state index >= 15 is 0 Å². The molecule has 0 aromatic heterocycles. The average Bonchev–Trinajstić information content (AvgIpc) is 2.63. The molecule has 0 unspecified atom stereocenters. The highest BCUT2D eigenvalue weighted by molar-refractivity contribution is 6.32. The van der Waals surface area contributed by atoms with Crippen molar-refractivity contribution in [2.24, 2.45) is 0 Å². The Balaban J connectivity index is 2.25. The first-order valence-electron chi connectivity index (χ1n) is 8.18. The van der Waals surface area contributed by atoms with E-state index in [1.807, 2.05) is 13.0 Å². The van der Waals surface area contributed by atoms with E-state index in [0.29, 0.717) is 30.2 Å². The maximum Gasteiger partial charge on any atom is 0.227 e. The fourth-order valence-electron chi connectivity index (χ4n) is 3.17. The van der Waals surface area contributed by atoms with E-state index in [1.165, 1.54) is 12.1 Å². The lowest BCUT2D eigenvalue weighted by Gasteiger charge is -2.32. The number of rotatable bonds is 4. The van der Waals surface area contributed by atoms with Crippen molar-refractivity contribution in [2.45, 2.75) is 19.8 Å². The van der Waals surface area contributed by atoms with Gasteiger partial charge >= 0.3 is 0 Å². The molecule has 0 saturated heterocycles. The highest BCUT2D eigenvalue weighted by atomic mass is 35.5. The van der Waals surface area contributed by atoms with Gasteiger partial charge < -0.3 is 9.64 Å². The Bertz CT molecular complexity index is 830. The Kier molecular flexibility index (Phi) is 5.09. The number of allylic oxidation sites excluding steroid dienone is 1. The zero-order chi connectivity index (χ0) is 18.0. The smallest absolute Gasteiger partial charge is 0.227 e. The van der Waals surface area contributed by atoms with Crippen LogP contribution in [0.4, 0.5) is 4.39 Å². The molecule has 0 bridgehead atoms. The summed E-state index contributed by atoms with van der Waals surface area (Å²) in [6, 6.07) is 11.7. The maximum absolute atomic E-state index is 13.4. The molecule has 2 aromatic rings. The second kappa shape index (κ2) is 7.28. The van der Waals surface area contributed by atoms with Crippen LogP contribution in [-0.2, 0) is 4.79 Å². The second-order valence-electron chi connectivity index (χ2n) is 5.82. The van der Waals surface area contributed by atoms with Crippen LogP contribution in [0.25, 0.3) is 11.3 Å². The van der Waals surface area contributed by atoms with Gasteiger partial charge in [0.15, 0.2) is 0 Å². The number of nitrogens with zero attached hydrogens (tertiary/aromatic N) is 1. The van der Waals surface area contributed by atoms with E-state index in [-0.39, 0.29) is 11.7 Å². The molecular formula is C20H19ClFNO2. The van der Waals surface area contributed by atoms with Gasteiger partial charge in [0.2, 0.25) is 5.91 Å². The molecule has 0 aliphatic carbocycles.